The molecular weight excluding hydrogens is 398 g/mol. The zero-order valence-electron chi connectivity index (χ0n) is 18.0. The Bertz CT molecular complexity index is 1080. The third-order valence-electron chi connectivity index (χ3n) is 5.70. The molecule has 0 spiro atoms. The molecule has 4 rings (SSSR count). The predicted octanol–water partition coefficient (Wildman–Crippen LogP) is 5.19. The second-order valence-corrected chi connectivity index (χ2v) is 9.35. The number of carbonyl (C=O) groups is 1. The molecule has 1 saturated heterocycles. The Hall–Kier alpha value is -2.53. The van der Waals surface area contributed by atoms with E-state index in [1.54, 1.807) is 0 Å². The number of likely N-dealkylation sites (tertiary alicyclic amines) is 1. The number of hydrogen-bond donors (Lipinski definition) is 0. The van der Waals surface area contributed by atoms with E-state index in [1.807, 2.05) is 48.2 Å². The normalized spacial score (nSPS) is 17.2. The van der Waals surface area contributed by atoms with Crippen LogP contribution in [0.3, 0.4) is 0 Å². The number of aryl methyl sites for hydroxylation is 1. The molecule has 30 heavy (non-hydrogen) atoms. The van der Waals surface area contributed by atoms with Crippen molar-refractivity contribution in [2.45, 2.75) is 52.1 Å². The number of imidazole rings is 1. The summed E-state index contributed by atoms with van der Waals surface area (Å²) in [6.07, 6.45) is 0.498. The molecule has 1 amide bonds. The van der Waals surface area contributed by atoms with Gasteiger partial charge >= 0.3 is 0 Å². The van der Waals surface area contributed by atoms with E-state index in [0.717, 1.165) is 33.2 Å². The summed E-state index contributed by atoms with van der Waals surface area (Å²) in [4.78, 5) is 19.5. The first kappa shape index (κ1) is 20.7. The largest absolute Gasteiger partial charge is 0.492 e. The van der Waals surface area contributed by atoms with Gasteiger partial charge in [0.25, 0.3) is 0 Å². The fourth-order valence-corrected chi connectivity index (χ4v) is 4.25. The van der Waals surface area contributed by atoms with Crippen molar-refractivity contribution in [1.82, 2.24) is 14.5 Å². The molecule has 0 N–H and O–H groups in total. The predicted molar refractivity (Wildman–Crippen MR) is 120 cm³/mol. The standard InChI is InChI=1S/C24H28ClN3O2/c1-16-13-18(9-10-19(16)25)30-12-11-27-21-8-6-5-7-20(21)26-23(27)17-14-22(29)28(15-17)24(2,3)4/h5-10,13,17H,11-12,14-15H2,1-4H3. The summed E-state index contributed by atoms with van der Waals surface area (Å²) in [5.74, 6) is 2.05. The molecule has 1 unspecified atom stereocenters. The van der Waals surface area contributed by atoms with Gasteiger partial charge < -0.3 is 14.2 Å². The van der Waals surface area contributed by atoms with E-state index in [-0.39, 0.29) is 17.4 Å². The Morgan fingerprint density at radius 2 is 1.97 bits per heavy atom. The quantitative estimate of drug-likeness (QED) is 0.565. The van der Waals surface area contributed by atoms with Gasteiger partial charge in [0.2, 0.25) is 5.91 Å². The van der Waals surface area contributed by atoms with E-state index < -0.39 is 0 Å². The van der Waals surface area contributed by atoms with Gasteiger partial charge in [0.15, 0.2) is 0 Å². The van der Waals surface area contributed by atoms with Gasteiger partial charge in [0, 0.05) is 29.4 Å². The van der Waals surface area contributed by atoms with Crippen molar-refractivity contribution in [3.05, 3.63) is 58.9 Å². The van der Waals surface area contributed by atoms with Crippen molar-refractivity contribution in [2.24, 2.45) is 0 Å². The Morgan fingerprint density at radius 1 is 1.20 bits per heavy atom. The lowest BCUT2D eigenvalue weighted by atomic mass is 10.1. The van der Waals surface area contributed by atoms with Crippen molar-refractivity contribution in [2.75, 3.05) is 13.2 Å². The monoisotopic (exact) mass is 425 g/mol. The van der Waals surface area contributed by atoms with Gasteiger partial charge in [0.1, 0.15) is 18.2 Å². The van der Waals surface area contributed by atoms with E-state index in [1.165, 1.54) is 0 Å². The summed E-state index contributed by atoms with van der Waals surface area (Å²) in [6, 6.07) is 13.8. The van der Waals surface area contributed by atoms with Crippen LogP contribution in [0.1, 0.15) is 44.5 Å². The summed E-state index contributed by atoms with van der Waals surface area (Å²) in [5, 5.41) is 0.736. The molecule has 0 radical (unpaired) electrons. The molecule has 1 atom stereocenters. The molecule has 0 aliphatic carbocycles. The molecule has 6 heteroatoms. The van der Waals surface area contributed by atoms with Crippen LogP contribution in [-0.4, -0.2) is 39.0 Å². The number of halogens is 1. The molecule has 0 saturated carbocycles. The number of hydrogen-bond acceptors (Lipinski definition) is 3. The number of aromatic nitrogens is 2. The molecule has 2 aromatic carbocycles. The molecule has 0 bridgehead atoms. The van der Waals surface area contributed by atoms with Crippen molar-refractivity contribution in [3.63, 3.8) is 0 Å². The summed E-state index contributed by atoms with van der Waals surface area (Å²) in [7, 11) is 0. The van der Waals surface area contributed by atoms with Crippen LogP contribution in [0.2, 0.25) is 5.02 Å². The summed E-state index contributed by atoms with van der Waals surface area (Å²) in [6.45, 7) is 10.1. The second-order valence-electron chi connectivity index (χ2n) is 8.95. The van der Waals surface area contributed by atoms with Gasteiger partial charge in [-0.2, -0.15) is 0 Å². The van der Waals surface area contributed by atoms with E-state index in [2.05, 4.69) is 31.4 Å². The van der Waals surface area contributed by atoms with Crippen LogP contribution in [0.15, 0.2) is 42.5 Å². The average molecular weight is 426 g/mol. The molecule has 1 aromatic heterocycles. The molecule has 2 heterocycles. The van der Waals surface area contributed by atoms with E-state index in [4.69, 9.17) is 21.3 Å². The lowest BCUT2D eigenvalue weighted by molar-refractivity contribution is -0.131. The van der Waals surface area contributed by atoms with Gasteiger partial charge in [-0.3, -0.25) is 4.79 Å². The third-order valence-corrected chi connectivity index (χ3v) is 6.12. The minimum atomic E-state index is -0.182. The highest BCUT2D eigenvalue weighted by Gasteiger charge is 2.38. The zero-order valence-corrected chi connectivity index (χ0v) is 18.7. The summed E-state index contributed by atoms with van der Waals surface area (Å²) >= 11 is 6.11. The molecule has 1 aliphatic heterocycles. The maximum absolute atomic E-state index is 12.6. The van der Waals surface area contributed by atoms with Crippen molar-refractivity contribution < 1.29 is 9.53 Å². The Kier molecular flexibility index (Phi) is 5.49. The molecule has 1 aliphatic rings. The van der Waals surface area contributed by atoms with Gasteiger partial charge in [-0.1, -0.05) is 23.7 Å². The van der Waals surface area contributed by atoms with Crippen LogP contribution in [0.5, 0.6) is 5.75 Å². The number of fused-ring (bicyclic) bond motifs is 1. The van der Waals surface area contributed by atoms with Gasteiger partial charge in [-0.05, 0) is 63.6 Å². The number of rotatable bonds is 5. The number of benzene rings is 2. The SMILES string of the molecule is Cc1cc(OCCn2c(C3CC(=O)N(C(C)(C)C)C3)nc3ccccc32)ccc1Cl. The maximum atomic E-state index is 12.6. The minimum absolute atomic E-state index is 0.0851. The third kappa shape index (κ3) is 4.04. The molecule has 158 valence electrons. The van der Waals surface area contributed by atoms with Crippen molar-refractivity contribution in [3.8, 4) is 5.75 Å². The summed E-state index contributed by atoms with van der Waals surface area (Å²) < 4.78 is 8.20. The smallest absolute Gasteiger partial charge is 0.223 e. The van der Waals surface area contributed by atoms with E-state index in [0.29, 0.717) is 26.1 Å². The zero-order chi connectivity index (χ0) is 21.5. The van der Waals surface area contributed by atoms with Crippen LogP contribution < -0.4 is 4.74 Å². The lowest BCUT2D eigenvalue weighted by Crippen LogP contribution is -2.42. The van der Waals surface area contributed by atoms with Crippen molar-refractivity contribution >= 4 is 28.5 Å². The highest BCUT2D eigenvalue weighted by atomic mass is 35.5. The topological polar surface area (TPSA) is 47.4 Å². The number of para-hydroxylation sites is 2. The summed E-state index contributed by atoms with van der Waals surface area (Å²) in [5.41, 5.74) is 2.84. The van der Waals surface area contributed by atoms with Gasteiger partial charge in [-0.25, -0.2) is 4.98 Å². The molecule has 1 fully saturated rings. The van der Waals surface area contributed by atoms with Crippen LogP contribution in [0.25, 0.3) is 11.0 Å². The Balaban J connectivity index is 1.58. The maximum Gasteiger partial charge on any atom is 0.223 e. The first-order valence-corrected chi connectivity index (χ1v) is 10.8. The average Bonchev–Trinajstić information content (AvgIpc) is 3.25. The minimum Gasteiger partial charge on any atom is -0.492 e. The van der Waals surface area contributed by atoms with Gasteiger partial charge in [0.05, 0.1) is 17.6 Å². The van der Waals surface area contributed by atoms with Crippen LogP contribution in [-0.2, 0) is 11.3 Å². The number of carbonyl (C=O) groups excluding carboxylic acids is 1. The number of nitrogens with zero attached hydrogens (tertiary/aromatic N) is 3. The van der Waals surface area contributed by atoms with Gasteiger partial charge in [-0.15, -0.1) is 0 Å². The van der Waals surface area contributed by atoms with E-state index >= 15 is 0 Å². The first-order valence-electron chi connectivity index (χ1n) is 10.4. The first-order chi connectivity index (χ1) is 14.2. The van der Waals surface area contributed by atoms with Crippen LogP contribution >= 0.6 is 11.6 Å². The highest BCUT2D eigenvalue weighted by Crippen LogP contribution is 2.34. The number of ether oxygens (including phenoxy) is 1. The molecule has 5 nitrogen and oxygen atoms in total. The second kappa shape index (κ2) is 7.95. The molecule has 3 aromatic rings. The Labute approximate surface area is 182 Å². The van der Waals surface area contributed by atoms with E-state index in [9.17, 15) is 4.79 Å². The fourth-order valence-electron chi connectivity index (χ4n) is 4.13. The number of amides is 1. The molecular formula is C24H28ClN3O2. The van der Waals surface area contributed by atoms with Crippen LogP contribution in [0.4, 0.5) is 0 Å². The lowest BCUT2D eigenvalue weighted by Gasteiger charge is -2.32. The highest BCUT2D eigenvalue weighted by molar-refractivity contribution is 6.31. The van der Waals surface area contributed by atoms with Crippen LogP contribution in [0, 0.1) is 6.92 Å². The fraction of sp³-hybridized carbons (Fsp3) is 0.417. The Morgan fingerprint density at radius 3 is 2.67 bits per heavy atom. The van der Waals surface area contributed by atoms with Crippen molar-refractivity contribution in [1.29, 1.82) is 0 Å².